The third-order valence-corrected chi connectivity index (χ3v) is 5.73. The topological polar surface area (TPSA) is 118 Å². The highest BCUT2D eigenvalue weighted by atomic mass is 32.1. The van der Waals surface area contributed by atoms with E-state index in [0.717, 1.165) is 17.8 Å². The Morgan fingerprint density at radius 3 is 2.65 bits per heavy atom. The van der Waals surface area contributed by atoms with Gasteiger partial charge in [-0.1, -0.05) is 11.3 Å². The highest BCUT2D eigenvalue weighted by Crippen LogP contribution is 2.23. The van der Waals surface area contributed by atoms with Crippen LogP contribution in [0.4, 0.5) is 13.2 Å². The molecule has 1 aromatic carbocycles. The average molecular weight is 483 g/mol. The zero-order valence-electron chi connectivity index (χ0n) is 16.9. The highest BCUT2D eigenvalue weighted by Gasteiger charge is 2.22. The molecule has 0 atom stereocenters. The van der Waals surface area contributed by atoms with Crippen LogP contribution in [0.15, 0.2) is 49.1 Å². The van der Waals surface area contributed by atoms with Gasteiger partial charge >= 0.3 is 0 Å². The lowest BCUT2D eigenvalue weighted by molar-refractivity contribution is 0.0946. The van der Waals surface area contributed by atoms with Gasteiger partial charge in [0.1, 0.15) is 40.2 Å². The maximum absolute atomic E-state index is 13.9. The normalized spacial score (nSPS) is 11.1. The minimum Gasteiger partial charge on any atom is -0.356 e. The van der Waals surface area contributed by atoms with Gasteiger partial charge < -0.3 is 10.3 Å². The van der Waals surface area contributed by atoms with Crippen LogP contribution in [0.3, 0.4) is 0 Å². The number of fused-ring (bicyclic) bond motifs is 1. The first-order valence-electron chi connectivity index (χ1n) is 9.67. The van der Waals surface area contributed by atoms with Gasteiger partial charge in [-0.05, 0) is 18.2 Å². The van der Waals surface area contributed by atoms with Crippen LogP contribution in [0.1, 0.15) is 31.4 Å². The number of halogens is 3. The fraction of sp³-hybridized carbons (Fsp3) is 0.0476. The number of carbonyl (C=O) groups is 2. The van der Waals surface area contributed by atoms with Crippen LogP contribution in [-0.2, 0) is 6.54 Å². The summed E-state index contributed by atoms with van der Waals surface area (Å²) in [4.78, 5) is 31.5. The van der Waals surface area contributed by atoms with Gasteiger partial charge in [0, 0.05) is 30.1 Å². The maximum atomic E-state index is 13.9. The van der Waals surface area contributed by atoms with E-state index < -0.39 is 34.7 Å². The number of H-pyrrole nitrogens is 1. The fourth-order valence-corrected chi connectivity index (χ4v) is 3.93. The molecule has 0 spiro atoms. The molecule has 0 radical (unpaired) electrons. The van der Waals surface area contributed by atoms with Crippen LogP contribution in [0, 0.1) is 17.5 Å². The number of carbonyl (C=O) groups excluding carboxylic acids is 2. The number of hydrogen-bond donors (Lipinski definition) is 2. The molecule has 0 unspecified atom stereocenters. The number of ketones is 1. The van der Waals surface area contributed by atoms with Gasteiger partial charge in [-0.25, -0.2) is 22.7 Å². The number of aromatic amines is 1. The van der Waals surface area contributed by atoms with Gasteiger partial charge in [0.25, 0.3) is 5.91 Å². The van der Waals surface area contributed by atoms with Crippen LogP contribution in [-0.4, -0.2) is 41.5 Å². The summed E-state index contributed by atoms with van der Waals surface area (Å²) in [5.41, 5.74) is 0.373. The van der Waals surface area contributed by atoms with E-state index >= 15 is 0 Å². The molecule has 0 aliphatic heterocycles. The molecule has 0 fully saturated rings. The predicted molar refractivity (Wildman–Crippen MR) is 114 cm³/mol. The summed E-state index contributed by atoms with van der Waals surface area (Å²) in [5.74, 6) is -5.40. The van der Waals surface area contributed by atoms with Gasteiger partial charge in [0.05, 0.1) is 17.6 Å². The molecule has 0 saturated carbocycles. The van der Waals surface area contributed by atoms with Crippen molar-refractivity contribution in [3.63, 3.8) is 0 Å². The van der Waals surface area contributed by atoms with Gasteiger partial charge in [-0.3, -0.25) is 9.59 Å². The van der Waals surface area contributed by atoms with Crippen LogP contribution >= 0.6 is 11.3 Å². The second-order valence-electron chi connectivity index (χ2n) is 7.04. The van der Waals surface area contributed by atoms with Crippen molar-refractivity contribution >= 4 is 28.5 Å². The van der Waals surface area contributed by atoms with E-state index in [9.17, 15) is 22.8 Å². The lowest BCUT2D eigenvalue weighted by Crippen LogP contribution is -2.23. The highest BCUT2D eigenvalue weighted by molar-refractivity contribution is 7.14. The average Bonchev–Trinajstić information content (AvgIpc) is 3.55. The fourth-order valence-electron chi connectivity index (χ4n) is 3.19. The van der Waals surface area contributed by atoms with Crippen molar-refractivity contribution < 1.29 is 22.8 Å². The molecule has 4 aromatic heterocycles. The van der Waals surface area contributed by atoms with Crippen LogP contribution in [0.25, 0.3) is 16.2 Å². The second-order valence-corrected chi connectivity index (χ2v) is 8.10. The summed E-state index contributed by atoms with van der Waals surface area (Å²) in [6.07, 6.45) is 4.35. The summed E-state index contributed by atoms with van der Waals surface area (Å²) in [6, 6.07) is 5.60. The lowest BCUT2D eigenvalue weighted by Gasteiger charge is -2.03. The summed E-state index contributed by atoms with van der Waals surface area (Å²) < 4.78 is 42.5. The van der Waals surface area contributed by atoms with Crippen LogP contribution < -0.4 is 5.32 Å². The van der Waals surface area contributed by atoms with Crippen molar-refractivity contribution in [1.29, 1.82) is 0 Å². The molecule has 170 valence electrons. The molecule has 0 aliphatic carbocycles. The molecule has 0 bridgehead atoms. The first-order chi connectivity index (χ1) is 16.4. The monoisotopic (exact) mass is 483 g/mol. The standard InChI is InChI=1S/C21H12F3N7O2S/c22-11-4-13(23)18(14(24)5-11)19(32)10-3-15(26-7-10)20(33)27-8-17-28-29-21(34-17)16-6-12-1-2-25-9-31(12)30-16/h1-7,9,26H,8H2,(H,27,33). The van der Waals surface area contributed by atoms with Crippen molar-refractivity contribution in [2.45, 2.75) is 6.54 Å². The Balaban J connectivity index is 1.26. The summed E-state index contributed by atoms with van der Waals surface area (Å²) in [6.45, 7) is 0.0505. The molecule has 13 heteroatoms. The van der Waals surface area contributed by atoms with E-state index in [1.165, 1.54) is 11.3 Å². The first kappa shape index (κ1) is 21.5. The number of amides is 1. The van der Waals surface area contributed by atoms with Crippen molar-refractivity contribution in [2.24, 2.45) is 0 Å². The Bertz CT molecular complexity index is 1500. The predicted octanol–water partition coefficient (Wildman–Crippen LogP) is 3.15. The summed E-state index contributed by atoms with van der Waals surface area (Å²) in [7, 11) is 0. The van der Waals surface area contributed by atoms with Crippen molar-refractivity contribution in [3.05, 3.63) is 88.3 Å². The smallest absolute Gasteiger partial charge is 0.268 e. The Morgan fingerprint density at radius 2 is 1.88 bits per heavy atom. The van der Waals surface area contributed by atoms with Crippen LogP contribution in [0.2, 0.25) is 0 Å². The Kier molecular flexibility index (Phi) is 5.37. The molecule has 4 heterocycles. The molecule has 34 heavy (non-hydrogen) atoms. The van der Waals surface area contributed by atoms with Crippen LogP contribution in [0.5, 0.6) is 0 Å². The second kappa shape index (κ2) is 8.51. The van der Waals surface area contributed by atoms with Crippen molar-refractivity contribution in [2.75, 3.05) is 0 Å². The Hall–Kier alpha value is -4.39. The van der Waals surface area contributed by atoms with E-state index in [1.807, 2.05) is 6.07 Å². The van der Waals surface area contributed by atoms with E-state index in [-0.39, 0.29) is 17.8 Å². The van der Waals surface area contributed by atoms with E-state index in [4.69, 9.17) is 0 Å². The number of benzene rings is 1. The number of nitrogens with zero attached hydrogens (tertiary/aromatic N) is 5. The molecule has 2 N–H and O–H groups in total. The first-order valence-corrected chi connectivity index (χ1v) is 10.5. The minimum absolute atomic E-state index is 0.0103. The third kappa shape index (κ3) is 4.03. The van der Waals surface area contributed by atoms with Gasteiger partial charge in [-0.2, -0.15) is 5.10 Å². The number of nitrogens with one attached hydrogen (secondary N) is 2. The third-order valence-electron chi connectivity index (χ3n) is 4.78. The Morgan fingerprint density at radius 1 is 1.09 bits per heavy atom. The Labute approximate surface area is 192 Å². The van der Waals surface area contributed by atoms with E-state index in [0.29, 0.717) is 27.8 Å². The molecule has 0 saturated heterocycles. The van der Waals surface area contributed by atoms with Gasteiger partial charge in [0.2, 0.25) is 0 Å². The molecule has 0 aliphatic rings. The molecule has 9 nitrogen and oxygen atoms in total. The molecule has 1 amide bonds. The van der Waals surface area contributed by atoms with Crippen molar-refractivity contribution in [1.82, 2.24) is 35.1 Å². The number of rotatable bonds is 6. The molecule has 5 rings (SSSR count). The quantitative estimate of drug-likeness (QED) is 0.358. The van der Waals surface area contributed by atoms with Crippen molar-refractivity contribution in [3.8, 4) is 10.7 Å². The van der Waals surface area contributed by atoms with E-state index in [1.54, 1.807) is 23.1 Å². The largest absolute Gasteiger partial charge is 0.356 e. The zero-order valence-corrected chi connectivity index (χ0v) is 17.7. The molecular weight excluding hydrogens is 471 g/mol. The molecule has 5 aromatic rings. The summed E-state index contributed by atoms with van der Waals surface area (Å²) >= 11 is 1.24. The van der Waals surface area contributed by atoms with Gasteiger partial charge in [0.15, 0.2) is 10.8 Å². The SMILES string of the molecule is O=C(NCc1nnc(-c2cc3ccncn3n2)s1)c1cc(C(=O)c2c(F)cc(F)cc2F)c[nH]1. The van der Waals surface area contributed by atoms with E-state index in [2.05, 4.69) is 30.6 Å². The summed E-state index contributed by atoms with van der Waals surface area (Å²) in [5, 5.41) is 16.2. The lowest BCUT2D eigenvalue weighted by atomic mass is 10.0. The van der Waals surface area contributed by atoms with Gasteiger partial charge in [-0.15, -0.1) is 10.2 Å². The number of aromatic nitrogens is 6. The maximum Gasteiger partial charge on any atom is 0.268 e. The minimum atomic E-state index is -1.33. The molecular formula is C21H12F3N7O2S. The number of hydrogen-bond acceptors (Lipinski definition) is 7. The zero-order chi connectivity index (χ0) is 23.8.